The maximum atomic E-state index is 13.8. The first-order valence-electron chi connectivity index (χ1n) is 12.6. The van der Waals surface area contributed by atoms with E-state index in [1.807, 2.05) is 49.5 Å². The minimum atomic E-state index is -1.13. The minimum Gasteiger partial charge on any atom is -0.480 e. The summed E-state index contributed by atoms with van der Waals surface area (Å²) < 4.78 is 0. The highest BCUT2D eigenvalue weighted by Crippen LogP contribution is 2.54. The quantitative estimate of drug-likeness (QED) is 0.429. The van der Waals surface area contributed by atoms with Gasteiger partial charge in [-0.3, -0.25) is 9.78 Å². The van der Waals surface area contributed by atoms with E-state index < -0.39 is 16.9 Å². The lowest BCUT2D eigenvalue weighted by Crippen LogP contribution is -2.53. The minimum absolute atomic E-state index is 0.00381. The van der Waals surface area contributed by atoms with Crippen LogP contribution in [-0.4, -0.2) is 46.0 Å². The number of likely N-dealkylation sites (N-methyl/N-ethyl adjacent to an activating group) is 1. The SMILES string of the molecule is CN(CCc1ccncc1)C(=O)C1=Cc2ccccc2C12CCC(Nc1cccc(Cl)c1)(C(=O)O)CC2. The molecule has 1 aromatic heterocycles. The van der Waals surface area contributed by atoms with Crippen molar-refractivity contribution >= 4 is 35.2 Å². The Morgan fingerprint density at radius 3 is 2.46 bits per heavy atom. The maximum absolute atomic E-state index is 13.8. The second kappa shape index (κ2) is 10.0. The number of anilines is 1. The number of nitrogens with zero attached hydrogens (tertiary/aromatic N) is 2. The average molecular weight is 516 g/mol. The molecule has 2 aromatic carbocycles. The van der Waals surface area contributed by atoms with Gasteiger partial charge in [0, 0.05) is 47.7 Å². The van der Waals surface area contributed by atoms with Crippen LogP contribution >= 0.6 is 11.6 Å². The van der Waals surface area contributed by atoms with Crippen LogP contribution in [0.15, 0.2) is 78.6 Å². The number of pyridine rings is 1. The lowest BCUT2D eigenvalue weighted by Gasteiger charge is -2.45. The number of fused-ring (bicyclic) bond motifs is 2. The molecule has 1 saturated carbocycles. The first kappa shape index (κ1) is 25.0. The molecular formula is C30H30ClN3O3. The topological polar surface area (TPSA) is 82.5 Å². The molecule has 0 atom stereocenters. The zero-order chi connectivity index (χ0) is 26.0. The van der Waals surface area contributed by atoms with Crippen molar-refractivity contribution in [1.29, 1.82) is 0 Å². The molecule has 0 aliphatic heterocycles. The summed E-state index contributed by atoms with van der Waals surface area (Å²) >= 11 is 6.15. The molecule has 1 spiro atoms. The molecule has 6 nitrogen and oxygen atoms in total. The summed E-state index contributed by atoms with van der Waals surface area (Å²) in [7, 11) is 1.84. The van der Waals surface area contributed by atoms with E-state index in [0.29, 0.717) is 42.9 Å². The number of benzene rings is 2. The summed E-state index contributed by atoms with van der Waals surface area (Å²) in [6.45, 7) is 0.585. The first-order chi connectivity index (χ1) is 17.8. The number of carboxylic acids is 1. The van der Waals surface area contributed by atoms with E-state index in [2.05, 4.69) is 16.4 Å². The highest BCUT2D eigenvalue weighted by Gasteiger charge is 2.53. The lowest BCUT2D eigenvalue weighted by atomic mass is 9.62. The molecule has 0 saturated heterocycles. The number of aromatic nitrogens is 1. The highest BCUT2D eigenvalue weighted by atomic mass is 35.5. The van der Waals surface area contributed by atoms with Crippen molar-refractivity contribution in [3.63, 3.8) is 0 Å². The van der Waals surface area contributed by atoms with Crippen LogP contribution in [0.2, 0.25) is 5.02 Å². The Morgan fingerprint density at radius 1 is 1.03 bits per heavy atom. The Hall–Kier alpha value is -3.64. The lowest BCUT2D eigenvalue weighted by molar-refractivity contribution is -0.143. The summed E-state index contributed by atoms with van der Waals surface area (Å²) in [5, 5.41) is 14.1. The van der Waals surface area contributed by atoms with Crippen LogP contribution in [0.25, 0.3) is 6.08 Å². The fraction of sp³-hybridized carbons (Fsp3) is 0.300. The number of hydrogen-bond donors (Lipinski definition) is 2. The Bertz CT molecular complexity index is 1350. The van der Waals surface area contributed by atoms with Crippen LogP contribution in [0.1, 0.15) is 42.4 Å². The summed E-state index contributed by atoms with van der Waals surface area (Å²) in [6.07, 6.45) is 8.15. The second-order valence-electron chi connectivity index (χ2n) is 10.1. The van der Waals surface area contributed by atoms with Crippen LogP contribution in [0, 0.1) is 0 Å². The summed E-state index contributed by atoms with van der Waals surface area (Å²) in [6, 6.07) is 19.2. The second-order valence-corrected chi connectivity index (χ2v) is 10.5. The third kappa shape index (κ3) is 4.74. The van der Waals surface area contributed by atoms with Crippen molar-refractivity contribution in [3.05, 3.63) is 100 Å². The van der Waals surface area contributed by atoms with Crippen LogP contribution in [0.3, 0.4) is 0 Å². The fourth-order valence-electron chi connectivity index (χ4n) is 5.79. The van der Waals surface area contributed by atoms with Crippen molar-refractivity contribution < 1.29 is 14.7 Å². The van der Waals surface area contributed by atoms with Crippen LogP contribution in [0.5, 0.6) is 0 Å². The molecule has 2 aliphatic rings. The summed E-state index contributed by atoms with van der Waals surface area (Å²) in [4.78, 5) is 32.2. The van der Waals surface area contributed by atoms with Crippen LogP contribution < -0.4 is 5.32 Å². The van der Waals surface area contributed by atoms with Crippen molar-refractivity contribution in [1.82, 2.24) is 9.88 Å². The van der Waals surface area contributed by atoms with Crippen molar-refractivity contribution in [2.24, 2.45) is 0 Å². The number of aliphatic carboxylic acids is 1. The van der Waals surface area contributed by atoms with Gasteiger partial charge in [0.05, 0.1) is 0 Å². The van der Waals surface area contributed by atoms with Gasteiger partial charge in [-0.1, -0.05) is 41.9 Å². The zero-order valence-electron chi connectivity index (χ0n) is 20.8. The van der Waals surface area contributed by atoms with Gasteiger partial charge in [0.1, 0.15) is 5.54 Å². The third-order valence-electron chi connectivity index (χ3n) is 7.93. The molecule has 7 heteroatoms. The van der Waals surface area contributed by atoms with Crippen LogP contribution in [-0.2, 0) is 21.4 Å². The van der Waals surface area contributed by atoms with Gasteiger partial charge >= 0.3 is 5.97 Å². The van der Waals surface area contributed by atoms with E-state index in [9.17, 15) is 14.7 Å². The Kier molecular flexibility index (Phi) is 6.78. The number of hydrogen-bond acceptors (Lipinski definition) is 4. The Balaban J connectivity index is 1.40. The molecule has 2 aliphatic carbocycles. The molecule has 1 heterocycles. The number of amides is 1. The van der Waals surface area contributed by atoms with Gasteiger partial charge in [0.25, 0.3) is 0 Å². The molecule has 1 amide bonds. The number of carbonyl (C=O) groups is 2. The number of nitrogens with one attached hydrogen (secondary N) is 1. The molecular weight excluding hydrogens is 486 g/mol. The Morgan fingerprint density at radius 2 is 1.76 bits per heavy atom. The van der Waals surface area contributed by atoms with E-state index in [1.165, 1.54) is 0 Å². The molecule has 5 rings (SSSR count). The molecule has 0 bridgehead atoms. The van der Waals surface area contributed by atoms with E-state index in [4.69, 9.17) is 11.6 Å². The Labute approximate surface area is 222 Å². The predicted octanol–water partition coefficient (Wildman–Crippen LogP) is 5.58. The normalized spacial score (nSPS) is 22.3. The monoisotopic (exact) mass is 515 g/mol. The van der Waals surface area contributed by atoms with Gasteiger partial charge in [-0.15, -0.1) is 0 Å². The van der Waals surface area contributed by atoms with Gasteiger partial charge in [-0.2, -0.15) is 0 Å². The number of rotatable bonds is 7. The van der Waals surface area contributed by atoms with Crippen LogP contribution in [0.4, 0.5) is 5.69 Å². The molecule has 1 fully saturated rings. The van der Waals surface area contributed by atoms with Gasteiger partial charge in [-0.05, 0) is 85.2 Å². The molecule has 3 aromatic rings. The highest BCUT2D eigenvalue weighted by molar-refractivity contribution is 6.30. The van der Waals surface area contributed by atoms with Gasteiger partial charge in [0.2, 0.25) is 5.91 Å². The summed E-state index contributed by atoms with van der Waals surface area (Å²) in [5.41, 5.74) is 3.08. The predicted molar refractivity (Wildman–Crippen MR) is 146 cm³/mol. The fourth-order valence-corrected chi connectivity index (χ4v) is 5.98. The van der Waals surface area contributed by atoms with E-state index in [-0.39, 0.29) is 5.91 Å². The number of carboxylic acid groups (broad SMARTS) is 1. The largest absolute Gasteiger partial charge is 0.480 e. The standard InChI is InChI=1S/C30H30ClN3O3/c1-34(18-11-21-9-16-32-17-10-21)27(35)26-19-22-5-2-3-8-25(22)29(26)12-14-30(15-13-29,28(36)37)33-24-7-4-6-23(31)20-24/h2-10,16-17,19-20,33H,11-15,18H2,1H3,(H,36,37). The van der Waals surface area contributed by atoms with Gasteiger partial charge in [-0.25, -0.2) is 4.79 Å². The molecule has 37 heavy (non-hydrogen) atoms. The third-order valence-corrected chi connectivity index (χ3v) is 8.16. The van der Waals surface area contributed by atoms with E-state index in [0.717, 1.165) is 28.7 Å². The molecule has 2 N–H and O–H groups in total. The van der Waals surface area contributed by atoms with E-state index >= 15 is 0 Å². The number of carbonyl (C=O) groups excluding carboxylic acids is 1. The van der Waals surface area contributed by atoms with Crippen molar-refractivity contribution in [2.45, 2.75) is 43.1 Å². The average Bonchev–Trinajstić information content (AvgIpc) is 3.22. The van der Waals surface area contributed by atoms with Gasteiger partial charge in [0.15, 0.2) is 0 Å². The summed E-state index contributed by atoms with van der Waals surface area (Å²) in [5.74, 6) is -0.893. The molecule has 0 unspecified atom stereocenters. The van der Waals surface area contributed by atoms with Gasteiger partial charge < -0.3 is 15.3 Å². The molecule has 0 radical (unpaired) electrons. The maximum Gasteiger partial charge on any atom is 0.329 e. The van der Waals surface area contributed by atoms with E-state index in [1.54, 1.807) is 35.5 Å². The van der Waals surface area contributed by atoms with Crippen molar-refractivity contribution in [3.8, 4) is 0 Å². The zero-order valence-corrected chi connectivity index (χ0v) is 21.5. The number of halogens is 1. The first-order valence-corrected chi connectivity index (χ1v) is 12.9. The van der Waals surface area contributed by atoms with Crippen molar-refractivity contribution in [2.75, 3.05) is 18.9 Å². The molecule has 190 valence electrons. The smallest absolute Gasteiger partial charge is 0.329 e.